The Kier molecular flexibility index (Phi) is 5.05. The van der Waals surface area contributed by atoms with Crippen LogP contribution in [0.3, 0.4) is 0 Å². The van der Waals surface area contributed by atoms with Crippen molar-refractivity contribution in [2.24, 2.45) is 5.41 Å². The maximum absolute atomic E-state index is 11.3. The molecule has 4 nitrogen and oxygen atoms in total. The summed E-state index contributed by atoms with van der Waals surface area (Å²) in [4.78, 5) is 21.6. The first-order valence-corrected chi connectivity index (χ1v) is 4.92. The van der Waals surface area contributed by atoms with E-state index in [4.69, 9.17) is 5.11 Å². The van der Waals surface area contributed by atoms with E-state index < -0.39 is 5.97 Å². The fourth-order valence-electron chi connectivity index (χ4n) is 0.930. The molecule has 0 rings (SSSR count). The van der Waals surface area contributed by atoms with Crippen molar-refractivity contribution in [1.29, 1.82) is 0 Å². The molecule has 0 aliphatic carbocycles. The molecule has 4 heteroatoms. The Morgan fingerprint density at radius 3 is 2.33 bits per heavy atom. The van der Waals surface area contributed by atoms with Crippen LogP contribution in [0.2, 0.25) is 0 Å². The smallest absolute Gasteiger partial charge is 0.305 e. The van der Waals surface area contributed by atoms with Gasteiger partial charge in [0.1, 0.15) is 0 Å². The Bertz CT molecular complexity index is 263. The number of carboxylic acids is 1. The lowest BCUT2D eigenvalue weighted by Gasteiger charge is -2.12. The van der Waals surface area contributed by atoms with E-state index in [2.05, 4.69) is 5.32 Å². The second-order valence-electron chi connectivity index (χ2n) is 4.71. The summed E-state index contributed by atoms with van der Waals surface area (Å²) in [7, 11) is 0. The summed E-state index contributed by atoms with van der Waals surface area (Å²) < 4.78 is 0. The molecular formula is C11H19NO3. The van der Waals surface area contributed by atoms with Gasteiger partial charge in [0.05, 0.1) is 6.42 Å². The number of carbonyl (C=O) groups excluding carboxylic acids is 1. The first kappa shape index (κ1) is 13.7. The predicted molar refractivity (Wildman–Crippen MR) is 58.5 cm³/mol. The average molecular weight is 213 g/mol. The molecule has 1 unspecified atom stereocenters. The molecule has 0 saturated carbocycles. The van der Waals surface area contributed by atoms with E-state index in [-0.39, 0.29) is 23.8 Å². The average Bonchev–Trinajstić information content (AvgIpc) is 1.97. The molecule has 1 amide bonds. The highest BCUT2D eigenvalue weighted by molar-refractivity contribution is 5.88. The van der Waals surface area contributed by atoms with Crippen molar-refractivity contribution in [3.8, 4) is 0 Å². The van der Waals surface area contributed by atoms with E-state index >= 15 is 0 Å². The molecule has 0 bridgehead atoms. The zero-order chi connectivity index (χ0) is 12.1. The zero-order valence-corrected chi connectivity index (χ0v) is 9.70. The van der Waals surface area contributed by atoms with Gasteiger partial charge in [0.2, 0.25) is 5.91 Å². The molecule has 0 aromatic carbocycles. The van der Waals surface area contributed by atoms with Crippen molar-refractivity contribution in [3.63, 3.8) is 0 Å². The Labute approximate surface area is 90.4 Å². The zero-order valence-electron chi connectivity index (χ0n) is 9.70. The highest BCUT2D eigenvalue weighted by Crippen LogP contribution is 2.13. The van der Waals surface area contributed by atoms with Gasteiger partial charge in [-0.05, 0) is 18.4 Å². The van der Waals surface area contributed by atoms with Gasteiger partial charge in [-0.1, -0.05) is 26.8 Å². The summed E-state index contributed by atoms with van der Waals surface area (Å²) in [5.74, 6) is -1.17. The van der Waals surface area contributed by atoms with Crippen LogP contribution in [0.5, 0.6) is 0 Å². The molecule has 0 saturated heterocycles. The second kappa shape index (κ2) is 5.53. The van der Waals surface area contributed by atoms with Crippen molar-refractivity contribution in [2.75, 3.05) is 0 Å². The third-order valence-corrected chi connectivity index (χ3v) is 1.60. The van der Waals surface area contributed by atoms with Crippen LogP contribution in [-0.4, -0.2) is 23.0 Å². The fraction of sp³-hybridized carbons (Fsp3) is 0.636. The van der Waals surface area contributed by atoms with Crippen LogP contribution in [0.25, 0.3) is 0 Å². The highest BCUT2D eigenvalue weighted by Gasteiger charge is 2.10. The number of amides is 1. The molecule has 0 aliphatic heterocycles. The minimum Gasteiger partial charge on any atom is -0.481 e. The van der Waals surface area contributed by atoms with Crippen LogP contribution in [-0.2, 0) is 9.59 Å². The minimum atomic E-state index is -0.914. The Morgan fingerprint density at radius 2 is 1.93 bits per heavy atom. The molecular weight excluding hydrogens is 194 g/mol. The number of allylic oxidation sites excluding steroid dienone is 1. The summed E-state index contributed by atoms with van der Waals surface area (Å²) in [6, 6.07) is -0.348. The summed E-state index contributed by atoms with van der Waals surface area (Å²) in [5, 5.41) is 11.1. The number of hydrogen-bond donors (Lipinski definition) is 2. The SMILES string of the molecule is CC(CC(=O)O)NC(=O)/C=C/C(C)(C)C. The molecule has 0 heterocycles. The molecule has 0 fully saturated rings. The van der Waals surface area contributed by atoms with E-state index in [0.717, 1.165) is 0 Å². The van der Waals surface area contributed by atoms with Gasteiger partial charge in [-0.15, -0.1) is 0 Å². The molecule has 0 radical (unpaired) electrons. The third-order valence-electron chi connectivity index (χ3n) is 1.60. The maximum Gasteiger partial charge on any atom is 0.305 e. The molecule has 0 spiro atoms. The lowest BCUT2D eigenvalue weighted by Crippen LogP contribution is -2.33. The number of aliphatic carboxylic acids is 1. The highest BCUT2D eigenvalue weighted by atomic mass is 16.4. The molecule has 15 heavy (non-hydrogen) atoms. The van der Waals surface area contributed by atoms with Crippen molar-refractivity contribution >= 4 is 11.9 Å². The molecule has 2 N–H and O–H groups in total. The Balaban J connectivity index is 4.04. The lowest BCUT2D eigenvalue weighted by atomic mass is 9.96. The maximum atomic E-state index is 11.3. The topological polar surface area (TPSA) is 66.4 Å². The first-order chi connectivity index (χ1) is 6.70. The van der Waals surface area contributed by atoms with Crippen molar-refractivity contribution < 1.29 is 14.7 Å². The van der Waals surface area contributed by atoms with E-state index in [0.29, 0.717) is 0 Å². The normalized spacial score (nSPS) is 13.9. The number of carboxylic acid groups (broad SMARTS) is 1. The second-order valence-corrected chi connectivity index (χ2v) is 4.71. The molecule has 1 atom stereocenters. The Morgan fingerprint density at radius 1 is 1.40 bits per heavy atom. The van der Waals surface area contributed by atoms with Crippen LogP contribution in [0, 0.1) is 5.41 Å². The monoisotopic (exact) mass is 213 g/mol. The van der Waals surface area contributed by atoms with Crippen LogP contribution in [0.4, 0.5) is 0 Å². The quantitative estimate of drug-likeness (QED) is 0.696. The lowest BCUT2D eigenvalue weighted by molar-refractivity contribution is -0.137. The van der Waals surface area contributed by atoms with Gasteiger partial charge in [-0.3, -0.25) is 9.59 Å². The fourth-order valence-corrected chi connectivity index (χ4v) is 0.930. The summed E-state index contributed by atoms with van der Waals surface area (Å²) in [5.41, 5.74) is -0.0482. The minimum absolute atomic E-state index is 0.0482. The van der Waals surface area contributed by atoms with Gasteiger partial charge in [0.25, 0.3) is 0 Å². The Hall–Kier alpha value is -1.32. The first-order valence-electron chi connectivity index (χ1n) is 4.92. The molecule has 0 aromatic rings. The van der Waals surface area contributed by atoms with Gasteiger partial charge in [-0.25, -0.2) is 0 Å². The summed E-state index contributed by atoms with van der Waals surface area (Å²) >= 11 is 0. The van der Waals surface area contributed by atoms with Crippen LogP contribution in [0.15, 0.2) is 12.2 Å². The third kappa shape index (κ3) is 9.00. The molecule has 0 aromatic heterocycles. The number of nitrogens with one attached hydrogen (secondary N) is 1. The number of rotatable bonds is 4. The predicted octanol–water partition coefficient (Wildman–Crippen LogP) is 1.57. The van der Waals surface area contributed by atoms with Crippen molar-refractivity contribution in [2.45, 2.75) is 40.2 Å². The van der Waals surface area contributed by atoms with Crippen molar-refractivity contribution in [1.82, 2.24) is 5.32 Å². The van der Waals surface area contributed by atoms with Gasteiger partial charge in [-0.2, -0.15) is 0 Å². The summed E-state index contributed by atoms with van der Waals surface area (Å²) in [6.07, 6.45) is 3.17. The van der Waals surface area contributed by atoms with Gasteiger partial charge < -0.3 is 10.4 Å². The summed E-state index contributed by atoms with van der Waals surface area (Å²) in [6.45, 7) is 7.61. The van der Waals surface area contributed by atoms with Gasteiger partial charge in [0.15, 0.2) is 0 Å². The van der Waals surface area contributed by atoms with E-state index in [1.165, 1.54) is 6.08 Å². The molecule has 86 valence electrons. The van der Waals surface area contributed by atoms with Crippen LogP contribution >= 0.6 is 0 Å². The van der Waals surface area contributed by atoms with E-state index in [1.54, 1.807) is 13.0 Å². The van der Waals surface area contributed by atoms with Crippen LogP contribution in [0.1, 0.15) is 34.1 Å². The molecule has 0 aliphatic rings. The van der Waals surface area contributed by atoms with E-state index in [1.807, 2.05) is 20.8 Å². The largest absolute Gasteiger partial charge is 0.481 e. The number of hydrogen-bond acceptors (Lipinski definition) is 2. The number of carbonyl (C=O) groups is 2. The van der Waals surface area contributed by atoms with Crippen LogP contribution < -0.4 is 5.32 Å². The standard InChI is InChI=1S/C11H19NO3/c1-8(7-10(14)15)12-9(13)5-6-11(2,3)4/h5-6,8H,7H2,1-4H3,(H,12,13)(H,14,15)/b6-5+. The van der Waals surface area contributed by atoms with Crippen molar-refractivity contribution in [3.05, 3.63) is 12.2 Å². The van der Waals surface area contributed by atoms with Gasteiger partial charge >= 0.3 is 5.97 Å². The van der Waals surface area contributed by atoms with E-state index in [9.17, 15) is 9.59 Å². The van der Waals surface area contributed by atoms with Gasteiger partial charge in [0, 0.05) is 6.04 Å².